The molecule has 0 aliphatic heterocycles. The van der Waals surface area contributed by atoms with Crippen molar-refractivity contribution in [1.82, 2.24) is 0 Å². The first-order chi connectivity index (χ1) is 10.5. The quantitative estimate of drug-likeness (QED) is 0.509. The molecule has 0 bridgehead atoms. The van der Waals surface area contributed by atoms with Crippen LogP contribution in [0.5, 0.6) is 0 Å². The molecule has 0 spiro atoms. The lowest BCUT2D eigenvalue weighted by atomic mass is 10.1. The van der Waals surface area contributed by atoms with Gasteiger partial charge in [-0.25, -0.2) is 0 Å². The van der Waals surface area contributed by atoms with Crippen molar-refractivity contribution in [2.45, 2.75) is 59.4 Å². The van der Waals surface area contributed by atoms with Crippen LogP contribution in [0.15, 0.2) is 41.6 Å². The fraction of sp³-hybridized carbons (Fsp3) is 0.524. The zero-order chi connectivity index (χ0) is 17.3. The van der Waals surface area contributed by atoms with Gasteiger partial charge >= 0.3 is 0 Å². The average molecular weight is 341 g/mol. The molecule has 0 nitrogen and oxygen atoms in total. The minimum atomic E-state index is -1.48. The van der Waals surface area contributed by atoms with Crippen LogP contribution in [0.1, 0.15) is 26.7 Å². The Morgan fingerprint density at radius 3 is 2.22 bits per heavy atom. The Morgan fingerprint density at radius 2 is 1.65 bits per heavy atom. The van der Waals surface area contributed by atoms with Crippen molar-refractivity contribution in [3.8, 4) is 11.5 Å². The van der Waals surface area contributed by atoms with Gasteiger partial charge in [-0.1, -0.05) is 93.4 Å². The van der Waals surface area contributed by atoms with E-state index >= 15 is 0 Å². The summed E-state index contributed by atoms with van der Waals surface area (Å²) in [5, 5.41) is 1.53. The fourth-order valence-electron chi connectivity index (χ4n) is 3.36. The molecule has 1 saturated carbocycles. The van der Waals surface area contributed by atoms with Gasteiger partial charge in [-0.15, -0.1) is 11.5 Å². The molecule has 1 atom stereocenters. The summed E-state index contributed by atoms with van der Waals surface area (Å²) in [6.45, 7) is 16.7. The first kappa shape index (κ1) is 18.3. The van der Waals surface area contributed by atoms with Crippen molar-refractivity contribution in [2.24, 2.45) is 11.3 Å². The van der Waals surface area contributed by atoms with E-state index < -0.39 is 16.1 Å². The molecule has 1 aliphatic rings. The van der Waals surface area contributed by atoms with Crippen molar-refractivity contribution in [1.29, 1.82) is 0 Å². The number of allylic oxidation sites excluding steroid dienone is 1. The Hall–Kier alpha value is -1.05. The first-order valence-electron chi connectivity index (χ1n) is 8.83. The van der Waals surface area contributed by atoms with Gasteiger partial charge in [0.05, 0.1) is 0 Å². The van der Waals surface area contributed by atoms with Gasteiger partial charge in [0.25, 0.3) is 0 Å². The summed E-state index contributed by atoms with van der Waals surface area (Å²) in [4.78, 5) is 0. The summed E-state index contributed by atoms with van der Waals surface area (Å²) < 4.78 is 0. The topological polar surface area (TPSA) is 0 Å². The van der Waals surface area contributed by atoms with Crippen LogP contribution < -0.4 is 5.19 Å². The second kappa shape index (κ2) is 6.45. The van der Waals surface area contributed by atoms with E-state index in [1.54, 1.807) is 5.57 Å². The molecule has 0 aromatic heterocycles. The first-order valence-corrected chi connectivity index (χ1v) is 15.4. The van der Waals surface area contributed by atoms with E-state index in [0.29, 0.717) is 5.41 Å². The van der Waals surface area contributed by atoms with E-state index in [0.717, 1.165) is 12.3 Å². The Morgan fingerprint density at radius 1 is 1.04 bits per heavy atom. The zero-order valence-corrected chi connectivity index (χ0v) is 18.0. The second-order valence-electron chi connectivity index (χ2n) is 9.05. The summed E-state index contributed by atoms with van der Waals surface area (Å²) in [7, 11) is -2.69. The highest BCUT2D eigenvalue weighted by atomic mass is 28.3. The standard InChI is InChI=1S/C21H32Si2/c1-21(2)19(15-11-12-16-22(3,4)5)20(21)17-23(6,7)18-13-9-8-10-14-18/h8-10,13-14,17,19H,11,15H2,1-7H3/b20-17-. The van der Waals surface area contributed by atoms with E-state index in [1.165, 1.54) is 11.6 Å². The SMILES string of the molecule is CC1(C)/C(=C\[Si](C)(C)c2ccccc2)C1CCC#C[Si](C)(C)C. The number of benzene rings is 1. The normalized spacial score (nSPS) is 21.7. The lowest BCUT2D eigenvalue weighted by molar-refractivity contribution is 0.541. The minimum Gasteiger partial charge on any atom is -0.132 e. The zero-order valence-electron chi connectivity index (χ0n) is 16.0. The molecule has 1 aliphatic carbocycles. The average Bonchev–Trinajstić information content (AvgIpc) is 2.94. The van der Waals surface area contributed by atoms with Crippen LogP contribution in [-0.4, -0.2) is 16.1 Å². The highest BCUT2D eigenvalue weighted by Crippen LogP contribution is 2.60. The summed E-state index contributed by atoms with van der Waals surface area (Å²) in [5.74, 6) is 4.19. The third-order valence-corrected chi connectivity index (χ3v) is 8.74. The Kier molecular flexibility index (Phi) is 5.13. The lowest BCUT2D eigenvalue weighted by Gasteiger charge is -2.18. The minimum absolute atomic E-state index is 0.389. The van der Waals surface area contributed by atoms with Crippen molar-refractivity contribution >= 4 is 21.3 Å². The van der Waals surface area contributed by atoms with Crippen LogP contribution >= 0.6 is 0 Å². The van der Waals surface area contributed by atoms with E-state index in [-0.39, 0.29) is 0 Å². The number of rotatable bonds is 4. The molecule has 2 heteroatoms. The third kappa shape index (κ3) is 4.72. The Balaban J connectivity index is 2.06. The largest absolute Gasteiger partial charge is 0.132 e. The maximum absolute atomic E-state index is 3.50. The number of hydrogen-bond donors (Lipinski definition) is 0. The van der Waals surface area contributed by atoms with E-state index in [9.17, 15) is 0 Å². The van der Waals surface area contributed by atoms with Crippen LogP contribution in [0.4, 0.5) is 0 Å². The molecule has 124 valence electrons. The Bertz CT molecular complexity index is 634. The van der Waals surface area contributed by atoms with Gasteiger partial charge in [-0.3, -0.25) is 0 Å². The molecule has 0 N–H and O–H groups in total. The predicted octanol–water partition coefficient (Wildman–Crippen LogP) is 5.38. The van der Waals surface area contributed by atoms with Crippen LogP contribution in [0.3, 0.4) is 0 Å². The van der Waals surface area contributed by atoms with Gasteiger partial charge in [0, 0.05) is 6.42 Å². The number of hydrogen-bond acceptors (Lipinski definition) is 0. The van der Waals surface area contributed by atoms with Crippen molar-refractivity contribution in [2.75, 3.05) is 0 Å². The molecule has 1 aromatic carbocycles. The lowest BCUT2D eigenvalue weighted by Crippen LogP contribution is -2.39. The molecule has 0 amide bonds. The molecular formula is C21H32Si2. The van der Waals surface area contributed by atoms with Gasteiger partial charge in [-0.05, 0) is 17.8 Å². The molecular weight excluding hydrogens is 308 g/mol. The van der Waals surface area contributed by atoms with E-state index in [4.69, 9.17) is 0 Å². The fourth-order valence-corrected chi connectivity index (χ4v) is 6.59. The maximum Gasteiger partial charge on any atom is 0.129 e. The van der Waals surface area contributed by atoms with Crippen molar-refractivity contribution in [3.63, 3.8) is 0 Å². The second-order valence-corrected chi connectivity index (χ2v) is 18.1. The van der Waals surface area contributed by atoms with Crippen LogP contribution in [0.25, 0.3) is 0 Å². The smallest absolute Gasteiger partial charge is 0.129 e. The molecule has 0 heterocycles. The molecule has 2 rings (SSSR count). The molecule has 23 heavy (non-hydrogen) atoms. The summed E-state index contributed by atoms with van der Waals surface area (Å²) in [5.41, 5.74) is 8.23. The highest BCUT2D eigenvalue weighted by Gasteiger charge is 2.51. The maximum atomic E-state index is 3.50. The monoisotopic (exact) mass is 340 g/mol. The van der Waals surface area contributed by atoms with Crippen LogP contribution in [-0.2, 0) is 0 Å². The third-order valence-electron chi connectivity index (χ3n) is 4.96. The van der Waals surface area contributed by atoms with Gasteiger partial charge in [0.2, 0.25) is 0 Å². The van der Waals surface area contributed by atoms with E-state index in [2.05, 4.69) is 94.1 Å². The van der Waals surface area contributed by atoms with Gasteiger partial charge < -0.3 is 0 Å². The molecule has 0 radical (unpaired) electrons. The van der Waals surface area contributed by atoms with Crippen LogP contribution in [0.2, 0.25) is 32.7 Å². The molecule has 1 unspecified atom stereocenters. The molecule has 0 saturated heterocycles. The molecule has 1 aromatic rings. The van der Waals surface area contributed by atoms with Gasteiger partial charge in [-0.2, -0.15) is 0 Å². The highest BCUT2D eigenvalue weighted by molar-refractivity contribution is 6.94. The van der Waals surface area contributed by atoms with Crippen molar-refractivity contribution < 1.29 is 0 Å². The van der Waals surface area contributed by atoms with Crippen LogP contribution in [0, 0.1) is 22.8 Å². The predicted molar refractivity (Wildman–Crippen MR) is 109 cm³/mol. The summed E-state index contributed by atoms with van der Waals surface area (Å²) in [6, 6.07) is 11.1. The van der Waals surface area contributed by atoms with E-state index in [1.807, 2.05) is 0 Å². The summed E-state index contributed by atoms with van der Waals surface area (Å²) >= 11 is 0. The summed E-state index contributed by atoms with van der Waals surface area (Å²) in [6.07, 6.45) is 2.29. The van der Waals surface area contributed by atoms with Crippen molar-refractivity contribution in [3.05, 3.63) is 41.6 Å². The van der Waals surface area contributed by atoms with Gasteiger partial charge in [0.1, 0.15) is 16.1 Å². The van der Waals surface area contributed by atoms with Gasteiger partial charge in [0.15, 0.2) is 0 Å². The Labute approximate surface area is 145 Å². The molecule has 1 fully saturated rings.